The van der Waals surface area contributed by atoms with Crippen molar-refractivity contribution < 1.29 is 18.0 Å². The normalized spacial score (nSPS) is 12.7. The minimum Gasteiger partial charge on any atom is -0.350 e. The maximum atomic E-state index is 14.0. The molecule has 176 valence electrons. The number of rotatable bonds is 9. The van der Waals surface area contributed by atoms with Gasteiger partial charge < -0.3 is 5.32 Å². The van der Waals surface area contributed by atoms with Crippen molar-refractivity contribution in [2.45, 2.75) is 39.4 Å². The van der Waals surface area contributed by atoms with Gasteiger partial charge in [-0.3, -0.25) is 9.69 Å². The fourth-order valence-corrected chi connectivity index (χ4v) is 4.03. The summed E-state index contributed by atoms with van der Waals surface area (Å²) in [6.45, 7) is 7.51. The second-order valence-corrected chi connectivity index (χ2v) is 7.88. The first-order valence-electron chi connectivity index (χ1n) is 11.0. The van der Waals surface area contributed by atoms with Gasteiger partial charge in [-0.25, -0.2) is 4.68 Å². The summed E-state index contributed by atoms with van der Waals surface area (Å²) in [5, 5.41) is 6.65. The van der Waals surface area contributed by atoms with Crippen LogP contribution in [-0.4, -0.2) is 46.3 Å². The van der Waals surface area contributed by atoms with Crippen LogP contribution in [0, 0.1) is 6.92 Å². The van der Waals surface area contributed by atoms with Gasteiger partial charge in [0, 0.05) is 12.6 Å². The van der Waals surface area contributed by atoms with Gasteiger partial charge in [-0.1, -0.05) is 62.4 Å². The minimum absolute atomic E-state index is 0.0490. The van der Waals surface area contributed by atoms with Crippen LogP contribution in [0.5, 0.6) is 0 Å². The van der Waals surface area contributed by atoms with Crippen LogP contribution in [0.4, 0.5) is 13.2 Å². The Morgan fingerprint density at radius 1 is 1.06 bits per heavy atom. The lowest BCUT2D eigenvalue weighted by Crippen LogP contribution is -2.45. The number of likely N-dealkylation sites (N-methyl/N-ethyl adjacent to an activating group) is 1. The molecule has 8 heteroatoms. The molecule has 1 atom stereocenters. The third kappa shape index (κ3) is 5.82. The lowest BCUT2D eigenvalue weighted by atomic mass is 10.0. The van der Waals surface area contributed by atoms with Crippen molar-refractivity contribution in [1.82, 2.24) is 20.0 Å². The Balaban J connectivity index is 1.86. The predicted molar refractivity (Wildman–Crippen MR) is 122 cm³/mol. The van der Waals surface area contributed by atoms with Gasteiger partial charge in [-0.2, -0.15) is 18.3 Å². The van der Waals surface area contributed by atoms with Gasteiger partial charge in [0.15, 0.2) is 5.69 Å². The van der Waals surface area contributed by atoms with Crippen LogP contribution >= 0.6 is 0 Å². The molecule has 1 N–H and O–H groups in total. The number of para-hydroxylation sites is 1. The number of benzene rings is 2. The number of hydrogen-bond acceptors (Lipinski definition) is 3. The zero-order valence-corrected chi connectivity index (χ0v) is 19.1. The van der Waals surface area contributed by atoms with Crippen LogP contribution in [0.15, 0.2) is 60.8 Å². The van der Waals surface area contributed by atoms with Gasteiger partial charge in [0.2, 0.25) is 0 Å². The number of nitrogens with zero attached hydrogens (tertiary/aromatic N) is 3. The quantitative estimate of drug-likeness (QED) is 0.497. The monoisotopic (exact) mass is 458 g/mol. The maximum absolute atomic E-state index is 14.0. The molecule has 0 radical (unpaired) electrons. The molecule has 0 fully saturated rings. The van der Waals surface area contributed by atoms with E-state index in [2.05, 4.69) is 15.3 Å². The number of alkyl halides is 3. The Hall–Kier alpha value is -3.13. The first-order chi connectivity index (χ1) is 15.8. The molecule has 3 rings (SSSR count). The van der Waals surface area contributed by atoms with Crippen molar-refractivity contribution in [3.63, 3.8) is 0 Å². The summed E-state index contributed by atoms with van der Waals surface area (Å²) in [7, 11) is 0. The van der Waals surface area contributed by atoms with Crippen LogP contribution in [0.3, 0.4) is 0 Å². The fraction of sp³-hybridized carbons (Fsp3) is 0.360. The van der Waals surface area contributed by atoms with Gasteiger partial charge in [0.1, 0.15) is 0 Å². The zero-order chi connectivity index (χ0) is 24.0. The molecule has 0 saturated heterocycles. The Morgan fingerprint density at radius 3 is 2.30 bits per heavy atom. The summed E-state index contributed by atoms with van der Waals surface area (Å²) in [6, 6.07) is 16.4. The standard InChI is InChI=1S/C25H29F3N4O/c1-4-31(5-2)20(15-19-12-7-6-8-13-19)16-29-24(33)21-17-30-32(23(21)25(26,27)28)22-14-10-9-11-18(22)3/h6-14,17,20H,4-5,15-16H2,1-3H3,(H,29,33). The number of aryl methyl sites for hydroxylation is 1. The molecule has 2 aromatic carbocycles. The molecule has 3 aromatic rings. The van der Waals surface area contributed by atoms with E-state index in [1.54, 1.807) is 31.2 Å². The highest BCUT2D eigenvalue weighted by atomic mass is 19.4. The molecule has 33 heavy (non-hydrogen) atoms. The van der Waals surface area contributed by atoms with E-state index in [0.717, 1.165) is 29.5 Å². The molecule has 1 unspecified atom stereocenters. The highest BCUT2D eigenvalue weighted by Crippen LogP contribution is 2.34. The molecule has 0 aliphatic heterocycles. The van der Waals surface area contributed by atoms with Crippen molar-refractivity contribution in [2.24, 2.45) is 0 Å². The van der Waals surface area contributed by atoms with Crippen molar-refractivity contribution in [3.8, 4) is 5.69 Å². The van der Waals surface area contributed by atoms with E-state index in [4.69, 9.17) is 0 Å². The molecule has 1 amide bonds. The summed E-state index contributed by atoms with van der Waals surface area (Å²) in [4.78, 5) is 15.1. The number of carbonyl (C=O) groups is 1. The minimum atomic E-state index is -4.74. The Bertz CT molecular complexity index is 1060. The summed E-state index contributed by atoms with van der Waals surface area (Å²) in [5.41, 5.74) is 0.462. The smallest absolute Gasteiger partial charge is 0.350 e. The Morgan fingerprint density at radius 2 is 1.70 bits per heavy atom. The first kappa shape index (κ1) is 24.5. The molecule has 0 spiro atoms. The number of hydrogen-bond donors (Lipinski definition) is 1. The summed E-state index contributed by atoms with van der Waals surface area (Å²) in [6.07, 6.45) is -3.07. The van der Waals surface area contributed by atoms with E-state index in [1.165, 1.54) is 0 Å². The number of halogens is 3. The van der Waals surface area contributed by atoms with Crippen LogP contribution in [0.2, 0.25) is 0 Å². The molecule has 0 aliphatic rings. The summed E-state index contributed by atoms with van der Waals surface area (Å²) < 4.78 is 42.8. The largest absolute Gasteiger partial charge is 0.434 e. The van der Waals surface area contributed by atoms with Gasteiger partial charge in [0.25, 0.3) is 5.91 Å². The predicted octanol–water partition coefficient (Wildman–Crippen LogP) is 4.88. The SMILES string of the molecule is CCN(CC)C(CNC(=O)c1cnn(-c2ccccc2C)c1C(F)(F)F)Cc1ccccc1. The Kier molecular flexibility index (Phi) is 7.92. The number of nitrogens with one attached hydrogen (secondary N) is 1. The highest BCUT2D eigenvalue weighted by Gasteiger charge is 2.40. The van der Waals surface area contributed by atoms with Crippen molar-refractivity contribution in [1.29, 1.82) is 0 Å². The second-order valence-electron chi connectivity index (χ2n) is 7.88. The van der Waals surface area contributed by atoms with Crippen molar-refractivity contribution >= 4 is 5.91 Å². The number of amides is 1. The Labute approximate surface area is 192 Å². The average molecular weight is 459 g/mol. The van der Waals surface area contributed by atoms with E-state index in [1.807, 2.05) is 44.2 Å². The molecule has 5 nitrogen and oxygen atoms in total. The molecule has 0 saturated carbocycles. The van der Waals surface area contributed by atoms with Crippen molar-refractivity contribution in [2.75, 3.05) is 19.6 Å². The first-order valence-corrected chi connectivity index (χ1v) is 11.0. The van der Waals surface area contributed by atoms with Crippen molar-refractivity contribution in [3.05, 3.63) is 83.2 Å². The van der Waals surface area contributed by atoms with Crippen LogP contribution < -0.4 is 5.32 Å². The van der Waals surface area contributed by atoms with Crippen LogP contribution in [-0.2, 0) is 12.6 Å². The van der Waals surface area contributed by atoms with Gasteiger partial charge in [0.05, 0.1) is 17.4 Å². The highest BCUT2D eigenvalue weighted by molar-refractivity contribution is 5.95. The molecular formula is C25H29F3N4O. The van der Waals surface area contributed by atoms with E-state index in [9.17, 15) is 18.0 Å². The zero-order valence-electron chi connectivity index (χ0n) is 19.1. The van der Waals surface area contributed by atoms with Gasteiger partial charge in [-0.05, 0) is 43.6 Å². The second kappa shape index (κ2) is 10.7. The van der Waals surface area contributed by atoms with Crippen LogP contribution in [0.1, 0.15) is 41.0 Å². The van der Waals surface area contributed by atoms with E-state index in [0.29, 0.717) is 12.0 Å². The lowest BCUT2D eigenvalue weighted by molar-refractivity contribution is -0.143. The van der Waals surface area contributed by atoms with Gasteiger partial charge >= 0.3 is 6.18 Å². The third-order valence-electron chi connectivity index (χ3n) is 5.77. The van der Waals surface area contributed by atoms with E-state index in [-0.39, 0.29) is 18.3 Å². The number of carbonyl (C=O) groups excluding carboxylic acids is 1. The van der Waals surface area contributed by atoms with E-state index >= 15 is 0 Å². The van der Waals surface area contributed by atoms with Gasteiger partial charge in [-0.15, -0.1) is 0 Å². The summed E-state index contributed by atoms with van der Waals surface area (Å²) in [5.74, 6) is -0.785. The third-order valence-corrected chi connectivity index (χ3v) is 5.77. The number of aromatic nitrogens is 2. The molecule has 1 aromatic heterocycles. The molecule has 0 aliphatic carbocycles. The maximum Gasteiger partial charge on any atom is 0.434 e. The van der Waals surface area contributed by atoms with E-state index < -0.39 is 23.3 Å². The van der Waals surface area contributed by atoms with Crippen LogP contribution in [0.25, 0.3) is 5.69 Å². The molecular weight excluding hydrogens is 429 g/mol. The average Bonchev–Trinajstić information content (AvgIpc) is 3.24. The fourth-order valence-electron chi connectivity index (χ4n) is 4.03. The topological polar surface area (TPSA) is 50.2 Å². The molecule has 1 heterocycles. The lowest BCUT2D eigenvalue weighted by Gasteiger charge is -2.30. The summed E-state index contributed by atoms with van der Waals surface area (Å²) >= 11 is 0. The molecule has 0 bridgehead atoms.